The summed E-state index contributed by atoms with van der Waals surface area (Å²) in [6, 6.07) is 0. The number of hydrogen-bond acceptors (Lipinski definition) is 3. The van der Waals surface area contributed by atoms with E-state index in [0.29, 0.717) is 11.8 Å². The fraction of sp³-hybridized carbons (Fsp3) is 0.720. The maximum absolute atomic E-state index is 6.19. The Balaban J connectivity index is 1.96. The summed E-state index contributed by atoms with van der Waals surface area (Å²) in [5.41, 5.74) is 4.78. The molecule has 0 aromatic rings. The molecule has 0 heterocycles. The van der Waals surface area contributed by atoms with E-state index in [2.05, 4.69) is 46.8 Å². The maximum atomic E-state index is 6.19. The van der Waals surface area contributed by atoms with Crippen molar-refractivity contribution in [1.82, 2.24) is 0 Å². The molecule has 0 nitrogen and oxygen atoms in total. The molecule has 0 N–H and O–H groups in total. The number of thioether (sulfide) groups is 1. The summed E-state index contributed by atoms with van der Waals surface area (Å²) in [7, 11) is 6.19. The first-order chi connectivity index (χ1) is 13.5. The van der Waals surface area contributed by atoms with E-state index >= 15 is 0 Å². The first kappa shape index (κ1) is 23.6. The molecule has 4 heteroatoms. The van der Waals surface area contributed by atoms with Crippen molar-refractivity contribution in [2.24, 2.45) is 28.1 Å². The standard InChI is InChI=1S/C25H36BS3/c1-7-24(5,22(28)15-29-17(3)27)25(6)13-11-21-20(16(25)2)9-8-18-14-19(26)10-12-23(18,21)4/h11,14,16,20H,7-10,12-13,15H2,1-6H3. The van der Waals surface area contributed by atoms with Crippen molar-refractivity contribution in [3.8, 4) is 0 Å². The van der Waals surface area contributed by atoms with Gasteiger partial charge in [-0.25, -0.2) is 0 Å². The van der Waals surface area contributed by atoms with Crippen LogP contribution in [0.4, 0.5) is 0 Å². The Kier molecular flexibility index (Phi) is 6.89. The van der Waals surface area contributed by atoms with Crippen molar-refractivity contribution in [2.45, 2.75) is 80.1 Å². The zero-order valence-electron chi connectivity index (χ0n) is 19.1. The molecular weight excluding hydrogens is 407 g/mol. The third-order valence-corrected chi connectivity index (χ3v) is 11.1. The Morgan fingerprint density at radius 2 is 2.00 bits per heavy atom. The fourth-order valence-corrected chi connectivity index (χ4v) is 7.77. The van der Waals surface area contributed by atoms with Crippen LogP contribution in [0.3, 0.4) is 0 Å². The quantitative estimate of drug-likeness (QED) is 0.248. The fourth-order valence-electron chi connectivity index (χ4n) is 6.39. The Bertz CT molecular complexity index is 794. The van der Waals surface area contributed by atoms with Crippen molar-refractivity contribution >= 4 is 58.2 Å². The Morgan fingerprint density at radius 1 is 1.31 bits per heavy atom. The Labute approximate surface area is 194 Å². The van der Waals surface area contributed by atoms with Crippen molar-refractivity contribution in [3.63, 3.8) is 0 Å². The monoisotopic (exact) mass is 443 g/mol. The summed E-state index contributed by atoms with van der Waals surface area (Å²) in [5, 5.41) is 0. The van der Waals surface area contributed by atoms with E-state index in [1.54, 1.807) is 22.9 Å². The van der Waals surface area contributed by atoms with Gasteiger partial charge in [0, 0.05) is 4.20 Å². The van der Waals surface area contributed by atoms with Gasteiger partial charge in [0.15, 0.2) is 0 Å². The van der Waals surface area contributed by atoms with E-state index in [1.165, 1.54) is 24.1 Å². The van der Waals surface area contributed by atoms with E-state index in [1.807, 2.05) is 6.92 Å². The van der Waals surface area contributed by atoms with Gasteiger partial charge in [0.25, 0.3) is 0 Å². The molecule has 0 spiro atoms. The molecule has 1 radical (unpaired) electrons. The normalized spacial score (nSPS) is 36.2. The van der Waals surface area contributed by atoms with Gasteiger partial charge in [0.2, 0.25) is 0 Å². The molecule has 1 saturated carbocycles. The molecule has 3 aliphatic rings. The van der Waals surface area contributed by atoms with Crippen LogP contribution in [-0.4, -0.2) is 27.8 Å². The van der Waals surface area contributed by atoms with Crippen molar-refractivity contribution < 1.29 is 0 Å². The third kappa shape index (κ3) is 3.84. The van der Waals surface area contributed by atoms with Gasteiger partial charge >= 0.3 is 172 Å². The van der Waals surface area contributed by atoms with Gasteiger partial charge < -0.3 is 0 Å². The zero-order valence-corrected chi connectivity index (χ0v) is 21.5. The van der Waals surface area contributed by atoms with Crippen LogP contribution < -0.4 is 0 Å². The first-order valence-corrected chi connectivity index (χ1v) is 13.0. The summed E-state index contributed by atoms with van der Waals surface area (Å²) < 4.78 is 0.989. The second-order valence-electron chi connectivity index (χ2n) is 10.2. The van der Waals surface area contributed by atoms with Gasteiger partial charge in [-0.3, -0.25) is 0 Å². The molecule has 3 rings (SSSR count). The summed E-state index contributed by atoms with van der Waals surface area (Å²) >= 11 is 13.1. The zero-order chi connectivity index (χ0) is 21.6. The Hall–Kier alpha value is -0.0551. The molecule has 0 amide bonds. The molecule has 0 saturated heterocycles. The average Bonchev–Trinajstić information content (AvgIpc) is 2.68. The second-order valence-corrected chi connectivity index (χ2v) is 12.7. The number of rotatable bonds is 5. The van der Waals surface area contributed by atoms with E-state index in [0.717, 1.165) is 34.7 Å². The third-order valence-electron chi connectivity index (χ3n) is 9.09. The van der Waals surface area contributed by atoms with Crippen LogP contribution in [0.5, 0.6) is 0 Å². The van der Waals surface area contributed by atoms with Crippen LogP contribution in [0.25, 0.3) is 0 Å². The van der Waals surface area contributed by atoms with Gasteiger partial charge in [0.05, 0.1) is 0 Å². The van der Waals surface area contributed by atoms with Gasteiger partial charge in [0.1, 0.15) is 0 Å². The molecule has 157 valence electrons. The summed E-state index contributed by atoms with van der Waals surface area (Å²) in [6.07, 6.45) is 11.8. The summed E-state index contributed by atoms with van der Waals surface area (Å²) in [6.45, 7) is 14.2. The van der Waals surface area contributed by atoms with E-state index in [9.17, 15) is 0 Å². The van der Waals surface area contributed by atoms with Gasteiger partial charge in [-0.2, -0.15) is 0 Å². The molecule has 5 atom stereocenters. The van der Waals surface area contributed by atoms with Crippen LogP contribution in [0, 0.1) is 28.1 Å². The number of fused-ring (bicyclic) bond motifs is 3. The molecule has 5 unspecified atom stereocenters. The van der Waals surface area contributed by atoms with Gasteiger partial charge in [-0.15, -0.1) is 0 Å². The van der Waals surface area contributed by atoms with Crippen molar-refractivity contribution in [3.05, 3.63) is 23.3 Å². The van der Waals surface area contributed by atoms with Crippen LogP contribution in [-0.2, 0) is 0 Å². The minimum absolute atomic E-state index is 0.0450. The molecule has 0 aromatic heterocycles. The molecule has 0 bridgehead atoms. The summed E-state index contributed by atoms with van der Waals surface area (Å²) in [4.78, 5) is 1.20. The molecule has 29 heavy (non-hydrogen) atoms. The van der Waals surface area contributed by atoms with E-state index < -0.39 is 0 Å². The van der Waals surface area contributed by atoms with Crippen LogP contribution in [0.15, 0.2) is 23.3 Å². The Morgan fingerprint density at radius 3 is 2.62 bits per heavy atom. The number of hydrogen-bond donors (Lipinski definition) is 0. The van der Waals surface area contributed by atoms with Crippen LogP contribution >= 0.6 is 36.2 Å². The molecular formula is C25H36BS3. The first-order valence-electron chi connectivity index (χ1n) is 11.2. The predicted octanol–water partition coefficient (Wildman–Crippen LogP) is 7.30. The SMILES string of the molecule is [B]=C1C=C2CCC3C(=CCC(C)(C(C)(CC)C(=S)CSC(C)=S)C3C)C2(C)CC1. The van der Waals surface area contributed by atoms with Crippen LogP contribution in [0.2, 0.25) is 0 Å². The number of allylic oxidation sites excluding steroid dienone is 4. The molecule has 0 aliphatic heterocycles. The van der Waals surface area contributed by atoms with Crippen LogP contribution in [0.1, 0.15) is 80.1 Å². The predicted molar refractivity (Wildman–Crippen MR) is 141 cm³/mol. The van der Waals surface area contributed by atoms with E-state index in [-0.39, 0.29) is 16.2 Å². The van der Waals surface area contributed by atoms with Crippen molar-refractivity contribution in [2.75, 3.05) is 5.75 Å². The topological polar surface area (TPSA) is 0 Å². The number of thiocarbonyl (C=S) groups is 2. The molecule has 0 aromatic carbocycles. The van der Waals surface area contributed by atoms with Gasteiger partial charge in [-0.05, 0) is 6.92 Å². The van der Waals surface area contributed by atoms with Gasteiger partial charge in [-0.1, -0.05) is 12.2 Å². The second kappa shape index (κ2) is 8.47. The van der Waals surface area contributed by atoms with Crippen molar-refractivity contribution in [1.29, 1.82) is 0 Å². The molecule has 3 aliphatic carbocycles. The minimum atomic E-state index is 0.0450. The average molecular weight is 444 g/mol. The summed E-state index contributed by atoms with van der Waals surface area (Å²) in [5.74, 6) is 2.15. The van der Waals surface area contributed by atoms with E-state index in [4.69, 9.17) is 31.9 Å². The molecule has 1 fully saturated rings.